The van der Waals surface area contributed by atoms with Crippen molar-refractivity contribution < 1.29 is 22.8 Å². The Bertz CT molecular complexity index is 897. The van der Waals surface area contributed by atoms with E-state index in [1.807, 2.05) is 0 Å². The maximum absolute atomic E-state index is 12.7. The smallest absolute Gasteiger partial charge is 0.365 e. The van der Waals surface area contributed by atoms with Gasteiger partial charge in [-0.05, 0) is 49.2 Å². The van der Waals surface area contributed by atoms with Crippen LogP contribution in [0.4, 0.5) is 18.2 Å². The standard InChI is InChI=1S/C19H20F3N3O2S.ClH/c1-2-8-25-9-7-13-14(10-25)28-18(15(13)16(23)26)24-17(27)11-3-5-12(6-4-11)19(20,21)22;/h3-6H,2,7-10H2,1H3,(H2,23,26)(H,24,27);1H. The predicted molar refractivity (Wildman–Crippen MR) is 109 cm³/mol. The van der Waals surface area contributed by atoms with Crippen LogP contribution in [-0.4, -0.2) is 29.8 Å². The predicted octanol–water partition coefficient (Wildman–Crippen LogP) is 4.31. The van der Waals surface area contributed by atoms with Gasteiger partial charge in [0, 0.05) is 23.5 Å². The number of anilines is 1. The van der Waals surface area contributed by atoms with Crippen LogP contribution in [0, 0.1) is 0 Å². The average Bonchev–Trinajstić information content (AvgIpc) is 2.98. The molecule has 10 heteroatoms. The van der Waals surface area contributed by atoms with Gasteiger partial charge in [0.25, 0.3) is 11.8 Å². The van der Waals surface area contributed by atoms with Crippen LogP contribution in [0.25, 0.3) is 0 Å². The topological polar surface area (TPSA) is 75.4 Å². The normalized spacial score (nSPS) is 14.1. The SMILES string of the molecule is CCCN1CCc2c(sc(NC(=O)c3ccc(C(F)(F)F)cc3)c2C(N)=O)C1.Cl. The van der Waals surface area contributed by atoms with E-state index in [0.717, 1.165) is 54.2 Å². The lowest BCUT2D eigenvalue weighted by Crippen LogP contribution is -2.31. The second-order valence-electron chi connectivity index (χ2n) is 6.63. The summed E-state index contributed by atoms with van der Waals surface area (Å²) < 4.78 is 38.0. The number of alkyl halides is 3. The van der Waals surface area contributed by atoms with E-state index in [2.05, 4.69) is 17.1 Å². The molecule has 1 aromatic heterocycles. The number of benzene rings is 1. The van der Waals surface area contributed by atoms with Crippen molar-refractivity contribution in [2.45, 2.75) is 32.5 Å². The maximum Gasteiger partial charge on any atom is 0.416 e. The number of fused-ring (bicyclic) bond motifs is 1. The van der Waals surface area contributed by atoms with Crippen molar-refractivity contribution in [3.05, 3.63) is 51.4 Å². The number of nitrogens with one attached hydrogen (secondary N) is 1. The molecule has 1 aromatic carbocycles. The number of carbonyl (C=O) groups is 2. The van der Waals surface area contributed by atoms with Crippen LogP contribution in [0.2, 0.25) is 0 Å². The fourth-order valence-electron chi connectivity index (χ4n) is 3.30. The molecule has 5 nitrogen and oxygen atoms in total. The number of primary amides is 1. The minimum atomic E-state index is -4.47. The van der Waals surface area contributed by atoms with Crippen LogP contribution >= 0.6 is 23.7 Å². The van der Waals surface area contributed by atoms with Crippen LogP contribution in [0.15, 0.2) is 24.3 Å². The van der Waals surface area contributed by atoms with E-state index in [1.165, 1.54) is 11.3 Å². The van der Waals surface area contributed by atoms with Gasteiger partial charge in [0.1, 0.15) is 5.00 Å². The molecule has 0 aliphatic carbocycles. The summed E-state index contributed by atoms with van der Waals surface area (Å²) in [5.74, 6) is -1.20. The maximum atomic E-state index is 12.7. The number of amides is 2. The lowest BCUT2D eigenvalue weighted by molar-refractivity contribution is -0.137. The molecule has 2 amide bonds. The van der Waals surface area contributed by atoms with E-state index in [-0.39, 0.29) is 18.0 Å². The molecule has 3 rings (SSSR count). The molecule has 0 atom stereocenters. The quantitative estimate of drug-likeness (QED) is 0.717. The van der Waals surface area contributed by atoms with Crippen molar-refractivity contribution in [1.29, 1.82) is 0 Å². The zero-order valence-corrected chi connectivity index (χ0v) is 17.3. The number of nitrogens with zero attached hydrogens (tertiary/aromatic N) is 1. The zero-order chi connectivity index (χ0) is 20.5. The number of nitrogens with two attached hydrogens (primary N) is 1. The van der Waals surface area contributed by atoms with Gasteiger partial charge in [0.05, 0.1) is 11.1 Å². The fraction of sp³-hybridized carbons (Fsp3) is 0.368. The molecule has 0 fully saturated rings. The highest BCUT2D eigenvalue weighted by Gasteiger charge is 2.31. The highest BCUT2D eigenvalue weighted by molar-refractivity contribution is 7.17. The van der Waals surface area contributed by atoms with Gasteiger partial charge in [-0.2, -0.15) is 13.2 Å². The van der Waals surface area contributed by atoms with E-state index in [9.17, 15) is 22.8 Å². The molecule has 1 aliphatic rings. The van der Waals surface area contributed by atoms with E-state index in [1.54, 1.807) is 0 Å². The average molecular weight is 448 g/mol. The molecular formula is C19H21ClF3N3O2S. The molecule has 3 N–H and O–H groups in total. The molecule has 2 heterocycles. The van der Waals surface area contributed by atoms with Gasteiger partial charge in [0.2, 0.25) is 0 Å². The molecule has 1 aliphatic heterocycles. The summed E-state index contributed by atoms with van der Waals surface area (Å²) in [6, 6.07) is 3.93. The third-order valence-electron chi connectivity index (χ3n) is 4.62. The third-order valence-corrected chi connectivity index (χ3v) is 5.76. The van der Waals surface area contributed by atoms with Crippen molar-refractivity contribution in [3.8, 4) is 0 Å². The van der Waals surface area contributed by atoms with Crippen molar-refractivity contribution in [2.24, 2.45) is 5.73 Å². The molecule has 0 unspecified atom stereocenters. The van der Waals surface area contributed by atoms with Gasteiger partial charge in [-0.3, -0.25) is 14.5 Å². The molecule has 0 saturated heterocycles. The summed E-state index contributed by atoms with van der Waals surface area (Å²) in [6.45, 7) is 4.53. The van der Waals surface area contributed by atoms with Crippen LogP contribution in [-0.2, 0) is 19.1 Å². The van der Waals surface area contributed by atoms with Crippen LogP contribution in [0.5, 0.6) is 0 Å². The largest absolute Gasteiger partial charge is 0.416 e. The first-order valence-corrected chi connectivity index (χ1v) is 9.67. The van der Waals surface area contributed by atoms with Gasteiger partial charge >= 0.3 is 6.18 Å². The van der Waals surface area contributed by atoms with Gasteiger partial charge in [-0.15, -0.1) is 23.7 Å². The number of halogens is 4. The number of hydrogen-bond acceptors (Lipinski definition) is 4. The van der Waals surface area contributed by atoms with E-state index >= 15 is 0 Å². The lowest BCUT2D eigenvalue weighted by Gasteiger charge is -2.26. The Balaban J connectivity index is 0.00000300. The van der Waals surface area contributed by atoms with Crippen LogP contribution in [0.1, 0.15) is 50.1 Å². The summed E-state index contributed by atoms with van der Waals surface area (Å²) in [6.07, 6.45) is -2.79. The monoisotopic (exact) mass is 447 g/mol. The zero-order valence-electron chi connectivity index (χ0n) is 15.6. The van der Waals surface area contributed by atoms with Crippen LogP contribution in [0.3, 0.4) is 0 Å². The Morgan fingerprint density at radius 1 is 1.24 bits per heavy atom. The Labute approximate surface area is 176 Å². The van der Waals surface area contributed by atoms with Crippen molar-refractivity contribution >= 4 is 40.6 Å². The molecule has 2 aromatic rings. The Hall–Kier alpha value is -2.10. The molecule has 0 saturated carbocycles. The van der Waals surface area contributed by atoms with Crippen LogP contribution < -0.4 is 11.1 Å². The molecule has 0 bridgehead atoms. The summed E-state index contributed by atoms with van der Waals surface area (Å²) in [5.41, 5.74) is 5.94. The van der Waals surface area contributed by atoms with E-state index < -0.39 is 23.6 Å². The van der Waals surface area contributed by atoms with Crippen molar-refractivity contribution in [3.63, 3.8) is 0 Å². The Morgan fingerprint density at radius 3 is 2.45 bits per heavy atom. The van der Waals surface area contributed by atoms with E-state index in [4.69, 9.17) is 5.73 Å². The number of carbonyl (C=O) groups excluding carboxylic acids is 2. The summed E-state index contributed by atoms with van der Waals surface area (Å²) >= 11 is 1.30. The van der Waals surface area contributed by atoms with Gasteiger partial charge in [0.15, 0.2) is 0 Å². The van der Waals surface area contributed by atoms with E-state index in [0.29, 0.717) is 23.5 Å². The molecule has 0 radical (unpaired) electrons. The second-order valence-corrected chi connectivity index (χ2v) is 7.73. The minimum Gasteiger partial charge on any atom is -0.365 e. The first kappa shape index (κ1) is 23.2. The number of thiophene rings is 1. The number of rotatable bonds is 5. The Kier molecular flexibility index (Phi) is 7.31. The highest BCUT2D eigenvalue weighted by atomic mass is 35.5. The van der Waals surface area contributed by atoms with Crippen molar-refractivity contribution in [2.75, 3.05) is 18.4 Å². The Morgan fingerprint density at radius 2 is 1.90 bits per heavy atom. The molecule has 0 spiro atoms. The summed E-state index contributed by atoms with van der Waals surface area (Å²) in [5, 5.41) is 3.00. The first-order chi connectivity index (χ1) is 13.2. The van der Waals surface area contributed by atoms with Gasteiger partial charge < -0.3 is 11.1 Å². The summed E-state index contributed by atoms with van der Waals surface area (Å²) in [7, 11) is 0. The molecular weight excluding hydrogens is 427 g/mol. The molecule has 29 heavy (non-hydrogen) atoms. The van der Waals surface area contributed by atoms with Crippen molar-refractivity contribution in [1.82, 2.24) is 4.90 Å². The second kappa shape index (κ2) is 9.15. The third kappa shape index (κ3) is 5.09. The lowest BCUT2D eigenvalue weighted by atomic mass is 10.0. The van der Waals surface area contributed by atoms with Gasteiger partial charge in [-0.25, -0.2) is 0 Å². The van der Waals surface area contributed by atoms with Gasteiger partial charge in [-0.1, -0.05) is 6.92 Å². The first-order valence-electron chi connectivity index (χ1n) is 8.86. The minimum absolute atomic E-state index is 0. The highest BCUT2D eigenvalue weighted by Crippen LogP contribution is 2.37. The number of hydrogen-bond donors (Lipinski definition) is 2. The summed E-state index contributed by atoms with van der Waals surface area (Å²) in [4.78, 5) is 27.7. The molecule has 158 valence electrons. The fourth-order valence-corrected chi connectivity index (χ4v) is 4.59.